The Kier molecular flexibility index (Phi) is 4.37. The molecule has 1 fully saturated rings. The number of carbonyl (C=O) groups is 1. The number of nitrogens with one attached hydrogen (secondary N) is 1. The Labute approximate surface area is 108 Å². The molecule has 98 valence electrons. The molecule has 0 heterocycles. The topological polar surface area (TPSA) is 49.3 Å². The molecule has 0 aliphatic heterocycles. The van der Waals surface area contributed by atoms with E-state index in [-0.39, 0.29) is 12.0 Å². The summed E-state index contributed by atoms with van der Waals surface area (Å²) in [6.45, 7) is 0.546. The molecule has 1 aliphatic carbocycles. The summed E-state index contributed by atoms with van der Waals surface area (Å²) in [6, 6.07) is 10.4. The van der Waals surface area contributed by atoms with Crippen molar-refractivity contribution in [1.82, 2.24) is 5.32 Å². The summed E-state index contributed by atoms with van der Waals surface area (Å²) in [5, 5.41) is 12.3. The van der Waals surface area contributed by atoms with E-state index >= 15 is 0 Å². The van der Waals surface area contributed by atoms with Crippen molar-refractivity contribution < 1.29 is 9.90 Å². The Morgan fingerprint density at radius 2 is 1.83 bits per heavy atom. The van der Waals surface area contributed by atoms with Gasteiger partial charge in [-0.3, -0.25) is 4.79 Å². The summed E-state index contributed by atoms with van der Waals surface area (Å²) >= 11 is 0. The molecule has 0 amide bonds. The third kappa shape index (κ3) is 3.10. The van der Waals surface area contributed by atoms with Crippen LogP contribution in [0.4, 0.5) is 0 Å². The van der Waals surface area contributed by atoms with Gasteiger partial charge in [0.2, 0.25) is 0 Å². The SMILES string of the molecule is O=C(O)CCNC1(c2ccccc2)CCCCC1. The monoisotopic (exact) mass is 247 g/mol. The highest BCUT2D eigenvalue weighted by Gasteiger charge is 2.32. The van der Waals surface area contributed by atoms with Crippen LogP contribution in [0.3, 0.4) is 0 Å². The number of hydrogen-bond acceptors (Lipinski definition) is 2. The van der Waals surface area contributed by atoms with E-state index in [1.807, 2.05) is 6.07 Å². The fourth-order valence-corrected chi connectivity index (χ4v) is 2.89. The first-order valence-electron chi connectivity index (χ1n) is 6.75. The van der Waals surface area contributed by atoms with Crippen molar-refractivity contribution in [1.29, 1.82) is 0 Å². The van der Waals surface area contributed by atoms with E-state index in [0.717, 1.165) is 12.8 Å². The van der Waals surface area contributed by atoms with E-state index in [9.17, 15) is 4.79 Å². The minimum Gasteiger partial charge on any atom is -0.481 e. The summed E-state index contributed by atoms with van der Waals surface area (Å²) < 4.78 is 0. The van der Waals surface area contributed by atoms with Crippen molar-refractivity contribution in [2.75, 3.05) is 6.54 Å². The van der Waals surface area contributed by atoms with Gasteiger partial charge in [0.25, 0.3) is 0 Å². The fourth-order valence-electron chi connectivity index (χ4n) is 2.89. The molecule has 0 unspecified atom stereocenters. The summed E-state index contributed by atoms with van der Waals surface area (Å²) in [5.74, 6) is -0.735. The van der Waals surface area contributed by atoms with Crippen LogP contribution in [0.5, 0.6) is 0 Å². The molecule has 0 radical (unpaired) electrons. The Balaban J connectivity index is 2.10. The number of carboxylic acid groups (broad SMARTS) is 1. The van der Waals surface area contributed by atoms with Gasteiger partial charge in [0.05, 0.1) is 6.42 Å². The maximum Gasteiger partial charge on any atom is 0.304 e. The molecule has 1 aromatic rings. The van der Waals surface area contributed by atoms with E-state index in [1.165, 1.54) is 24.8 Å². The summed E-state index contributed by atoms with van der Waals surface area (Å²) in [4.78, 5) is 10.6. The lowest BCUT2D eigenvalue weighted by Crippen LogP contribution is -2.44. The first kappa shape index (κ1) is 13.1. The van der Waals surface area contributed by atoms with Crippen LogP contribution in [-0.4, -0.2) is 17.6 Å². The quantitative estimate of drug-likeness (QED) is 0.841. The third-order valence-corrected chi connectivity index (χ3v) is 3.84. The average molecular weight is 247 g/mol. The summed E-state index contributed by atoms with van der Waals surface area (Å²) in [7, 11) is 0. The Bertz CT molecular complexity index is 383. The standard InChI is InChI=1S/C15H21NO2/c17-14(18)9-12-16-15(10-5-2-6-11-15)13-7-3-1-4-8-13/h1,3-4,7-8,16H,2,5-6,9-12H2,(H,17,18). The molecule has 1 aliphatic rings. The summed E-state index contributed by atoms with van der Waals surface area (Å²) in [6.07, 6.45) is 6.13. The molecule has 2 N–H and O–H groups in total. The molecule has 0 spiro atoms. The van der Waals surface area contributed by atoms with Crippen LogP contribution in [-0.2, 0) is 10.3 Å². The fraction of sp³-hybridized carbons (Fsp3) is 0.533. The Hall–Kier alpha value is -1.35. The molecular formula is C15H21NO2. The van der Waals surface area contributed by atoms with Gasteiger partial charge in [-0.25, -0.2) is 0 Å². The van der Waals surface area contributed by atoms with Crippen LogP contribution in [0.1, 0.15) is 44.1 Å². The number of benzene rings is 1. The zero-order valence-corrected chi connectivity index (χ0v) is 10.7. The second-order valence-electron chi connectivity index (χ2n) is 5.08. The van der Waals surface area contributed by atoms with Gasteiger partial charge in [0.15, 0.2) is 0 Å². The van der Waals surface area contributed by atoms with Gasteiger partial charge in [0.1, 0.15) is 0 Å². The van der Waals surface area contributed by atoms with E-state index in [4.69, 9.17) is 5.11 Å². The lowest BCUT2D eigenvalue weighted by molar-refractivity contribution is -0.137. The van der Waals surface area contributed by atoms with Crippen molar-refractivity contribution in [2.24, 2.45) is 0 Å². The van der Waals surface area contributed by atoms with Crippen molar-refractivity contribution >= 4 is 5.97 Å². The molecule has 18 heavy (non-hydrogen) atoms. The predicted molar refractivity (Wildman–Crippen MR) is 71.5 cm³/mol. The van der Waals surface area contributed by atoms with Crippen LogP contribution in [0.15, 0.2) is 30.3 Å². The second-order valence-corrected chi connectivity index (χ2v) is 5.08. The average Bonchev–Trinajstić information content (AvgIpc) is 2.40. The molecule has 0 atom stereocenters. The van der Waals surface area contributed by atoms with Crippen LogP contribution < -0.4 is 5.32 Å². The van der Waals surface area contributed by atoms with E-state index in [1.54, 1.807) is 0 Å². The highest BCUT2D eigenvalue weighted by Crippen LogP contribution is 2.36. The molecule has 0 aromatic heterocycles. The van der Waals surface area contributed by atoms with Crippen molar-refractivity contribution in [2.45, 2.75) is 44.1 Å². The smallest absolute Gasteiger partial charge is 0.304 e. The zero-order valence-electron chi connectivity index (χ0n) is 10.7. The van der Waals surface area contributed by atoms with E-state index in [0.29, 0.717) is 6.54 Å². The molecule has 3 nitrogen and oxygen atoms in total. The van der Waals surface area contributed by atoms with Gasteiger partial charge in [-0.1, -0.05) is 49.6 Å². The van der Waals surface area contributed by atoms with Crippen LogP contribution in [0.25, 0.3) is 0 Å². The van der Waals surface area contributed by atoms with Crippen molar-refractivity contribution in [3.05, 3.63) is 35.9 Å². The van der Waals surface area contributed by atoms with Gasteiger partial charge in [-0.05, 0) is 18.4 Å². The molecule has 3 heteroatoms. The lowest BCUT2D eigenvalue weighted by atomic mass is 9.76. The number of aliphatic carboxylic acids is 1. The minimum absolute atomic E-state index is 0.00500. The van der Waals surface area contributed by atoms with E-state index < -0.39 is 5.97 Å². The number of carboxylic acids is 1. The molecule has 1 aromatic carbocycles. The van der Waals surface area contributed by atoms with Gasteiger partial charge in [0, 0.05) is 12.1 Å². The lowest BCUT2D eigenvalue weighted by Gasteiger charge is -2.39. The molecule has 2 rings (SSSR count). The Morgan fingerprint density at radius 3 is 2.44 bits per heavy atom. The first-order chi connectivity index (χ1) is 8.73. The molecular weight excluding hydrogens is 226 g/mol. The van der Waals surface area contributed by atoms with Crippen molar-refractivity contribution in [3.63, 3.8) is 0 Å². The zero-order chi connectivity index (χ0) is 12.8. The van der Waals surface area contributed by atoms with Gasteiger partial charge in [-0.15, -0.1) is 0 Å². The Morgan fingerprint density at radius 1 is 1.17 bits per heavy atom. The van der Waals surface area contributed by atoms with Crippen LogP contribution in [0.2, 0.25) is 0 Å². The maximum atomic E-state index is 10.6. The van der Waals surface area contributed by atoms with Crippen LogP contribution >= 0.6 is 0 Å². The molecule has 1 saturated carbocycles. The van der Waals surface area contributed by atoms with E-state index in [2.05, 4.69) is 29.6 Å². The first-order valence-corrected chi connectivity index (χ1v) is 6.75. The largest absolute Gasteiger partial charge is 0.481 e. The highest BCUT2D eigenvalue weighted by molar-refractivity contribution is 5.66. The summed E-state index contributed by atoms with van der Waals surface area (Å²) in [5.41, 5.74) is 1.30. The van der Waals surface area contributed by atoms with Gasteiger partial charge >= 0.3 is 5.97 Å². The maximum absolute atomic E-state index is 10.6. The minimum atomic E-state index is -0.735. The predicted octanol–water partition coefficient (Wildman–Crippen LogP) is 2.91. The van der Waals surface area contributed by atoms with Gasteiger partial charge < -0.3 is 10.4 Å². The molecule has 0 saturated heterocycles. The third-order valence-electron chi connectivity index (χ3n) is 3.84. The normalized spacial score (nSPS) is 18.4. The van der Waals surface area contributed by atoms with Gasteiger partial charge in [-0.2, -0.15) is 0 Å². The number of hydrogen-bond donors (Lipinski definition) is 2. The second kappa shape index (κ2) is 6.01. The highest BCUT2D eigenvalue weighted by atomic mass is 16.4. The molecule has 0 bridgehead atoms. The number of rotatable bonds is 5. The van der Waals surface area contributed by atoms with Crippen LogP contribution in [0, 0.1) is 0 Å². The van der Waals surface area contributed by atoms with Crippen molar-refractivity contribution in [3.8, 4) is 0 Å².